The summed E-state index contributed by atoms with van der Waals surface area (Å²) in [5, 5.41) is 14.7. The molecule has 1 heterocycles. The Morgan fingerprint density at radius 2 is 2.06 bits per heavy atom. The molecule has 0 aliphatic heterocycles. The Morgan fingerprint density at radius 1 is 1.33 bits per heavy atom. The molecule has 0 spiro atoms. The third kappa shape index (κ3) is 3.14. The van der Waals surface area contributed by atoms with Gasteiger partial charge in [0.15, 0.2) is 0 Å². The largest absolute Gasteiger partial charge is 0.388 e. The fourth-order valence-electron chi connectivity index (χ4n) is 3.07. The summed E-state index contributed by atoms with van der Waals surface area (Å²) in [4.78, 5) is 0. The van der Waals surface area contributed by atoms with Gasteiger partial charge in [-0.3, -0.25) is 4.68 Å². The van der Waals surface area contributed by atoms with Crippen LogP contribution >= 0.6 is 0 Å². The van der Waals surface area contributed by atoms with Crippen molar-refractivity contribution in [2.24, 2.45) is 11.8 Å². The molecule has 1 aromatic rings. The molecule has 3 heteroatoms. The van der Waals surface area contributed by atoms with Crippen LogP contribution in [0.25, 0.3) is 0 Å². The zero-order valence-electron chi connectivity index (χ0n) is 11.7. The molecule has 1 fully saturated rings. The summed E-state index contributed by atoms with van der Waals surface area (Å²) in [6.45, 7) is 5.36. The quantitative estimate of drug-likeness (QED) is 0.868. The lowest BCUT2D eigenvalue weighted by Gasteiger charge is -2.30. The van der Waals surface area contributed by atoms with Crippen LogP contribution in [0.5, 0.6) is 0 Å². The van der Waals surface area contributed by atoms with Gasteiger partial charge in [-0.25, -0.2) is 0 Å². The van der Waals surface area contributed by atoms with Gasteiger partial charge in [-0.1, -0.05) is 33.1 Å². The molecule has 2 rings (SSSR count). The van der Waals surface area contributed by atoms with Gasteiger partial charge in [0, 0.05) is 18.3 Å². The molecule has 1 atom stereocenters. The molecular weight excluding hydrogens is 224 g/mol. The van der Waals surface area contributed by atoms with Crippen molar-refractivity contribution in [3.05, 3.63) is 18.0 Å². The van der Waals surface area contributed by atoms with Crippen LogP contribution in [0.2, 0.25) is 0 Å². The summed E-state index contributed by atoms with van der Waals surface area (Å²) in [5.41, 5.74) is 1.00. The highest BCUT2D eigenvalue weighted by atomic mass is 16.3. The smallest absolute Gasteiger partial charge is 0.0848 e. The van der Waals surface area contributed by atoms with E-state index in [1.165, 1.54) is 32.1 Å². The average molecular weight is 250 g/mol. The van der Waals surface area contributed by atoms with Gasteiger partial charge in [0.05, 0.1) is 12.3 Å². The van der Waals surface area contributed by atoms with Crippen molar-refractivity contribution in [3.8, 4) is 0 Å². The Hall–Kier alpha value is -0.830. The van der Waals surface area contributed by atoms with E-state index in [1.807, 2.05) is 17.1 Å². The first kappa shape index (κ1) is 13.6. The van der Waals surface area contributed by atoms with E-state index in [4.69, 9.17) is 0 Å². The van der Waals surface area contributed by atoms with E-state index in [9.17, 15) is 5.11 Å². The van der Waals surface area contributed by atoms with Gasteiger partial charge in [-0.15, -0.1) is 0 Å². The molecule has 18 heavy (non-hydrogen) atoms. The predicted octanol–water partition coefficient (Wildman–Crippen LogP) is 3.54. The van der Waals surface area contributed by atoms with Gasteiger partial charge < -0.3 is 5.11 Å². The lowest BCUT2D eigenvalue weighted by Crippen LogP contribution is -2.20. The van der Waals surface area contributed by atoms with Crippen LogP contribution < -0.4 is 0 Å². The number of aromatic nitrogens is 2. The lowest BCUT2D eigenvalue weighted by atomic mass is 9.77. The summed E-state index contributed by atoms with van der Waals surface area (Å²) in [5.74, 6) is 1.32. The van der Waals surface area contributed by atoms with Crippen LogP contribution in [0.15, 0.2) is 12.4 Å². The zero-order valence-corrected chi connectivity index (χ0v) is 11.7. The summed E-state index contributed by atoms with van der Waals surface area (Å²) in [6.07, 6.45) is 10.8. The molecule has 102 valence electrons. The zero-order chi connectivity index (χ0) is 13.0. The van der Waals surface area contributed by atoms with Crippen molar-refractivity contribution >= 4 is 0 Å². The van der Waals surface area contributed by atoms with Crippen LogP contribution in [-0.4, -0.2) is 14.9 Å². The first-order chi connectivity index (χ1) is 8.74. The van der Waals surface area contributed by atoms with Crippen LogP contribution in [0, 0.1) is 11.8 Å². The van der Waals surface area contributed by atoms with E-state index in [0.29, 0.717) is 5.92 Å². The van der Waals surface area contributed by atoms with Crippen molar-refractivity contribution in [2.75, 3.05) is 0 Å². The Morgan fingerprint density at radius 3 is 2.67 bits per heavy atom. The maximum absolute atomic E-state index is 10.4. The molecule has 1 N–H and O–H groups in total. The van der Waals surface area contributed by atoms with Crippen LogP contribution in [0.1, 0.15) is 64.0 Å². The monoisotopic (exact) mass is 250 g/mol. The molecule has 1 saturated carbocycles. The molecule has 0 saturated heterocycles. The molecule has 1 aromatic heterocycles. The minimum Gasteiger partial charge on any atom is -0.388 e. The molecule has 0 aromatic carbocycles. The van der Waals surface area contributed by atoms with Gasteiger partial charge in [-0.2, -0.15) is 5.10 Å². The molecule has 0 radical (unpaired) electrons. The molecule has 1 unspecified atom stereocenters. The summed E-state index contributed by atoms with van der Waals surface area (Å²) >= 11 is 0. The fourth-order valence-corrected chi connectivity index (χ4v) is 3.07. The van der Waals surface area contributed by atoms with Crippen molar-refractivity contribution in [1.82, 2.24) is 9.78 Å². The van der Waals surface area contributed by atoms with Gasteiger partial charge in [0.25, 0.3) is 0 Å². The molecule has 1 aliphatic rings. The first-order valence-corrected chi connectivity index (χ1v) is 7.45. The second-order valence-corrected chi connectivity index (χ2v) is 5.67. The molecular formula is C15H26N2O. The molecule has 1 aliphatic carbocycles. The molecule has 0 bridgehead atoms. The van der Waals surface area contributed by atoms with Crippen molar-refractivity contribution < 1.29 is 5.11 Å². The van der Waals surface area contributed by atoms with Crippen molar-refractivity contribution in [2.45, 2.75) is 65.0 Å². The Bertz CT molecular complexity index is 353. The summed E-state index contributed by atoms with van der Waals surface area (Å²) in [7, 11) is 0. The second kappa shape index (κ2) is 6.37. The van der Waals surface area contributed by atoms with E-state index in [-0.39, 0.29) is 6.10 Å². The van der Waals surface area contributed by atoms with Gasteiger partial charge in [0.1, 0.15) is 0 Å². The van der Waals surface area contributed by atoms with E-state index in [0.717, 1.165) is 24.4 Å². The standard InChI is InChI=1S/C15H26N2O/c1-3-9-17-11-14(10-16-17)15(18)13-7-5-12(4-2)6-8-13/h10-13,15,18H,3-9H2,1-2H3. The Labute approximate surface area is 110 Å². The third-order valence-electron chi connectivity index (χ3n) is 4.36. The summed E-state index contributed by atoms with van der Waals surface area (Å²) in [6, 6.07) is 0. The van der Waals surface area contributed by atoms with E-state index < -0.39 is 0 Å². The summed E-state index contributed by atoms with van der Waals surface area (Å²) < 4.78 is 1.94. The first-order valence-electron chi connectivity index (χ1n) is 7.45. The van der Waals surface area contributed by atoms with Crippen molar-refractivity contribution in [3.63, 3.8) is 0 Å². The highest BCUT2D eigenvalue weighted by Gasteiger charge is 2.27. The highest BCUT2D eigenvalue weighted by Crippen LogP contribution is 2.37. The van der Waals surface area contributed by atoms with Gasteiger partial charge in [-0.05, 0) is 31.1 Å². The topological polar surface area (TPSA) is 38.0 Å². The van der Waals surface area contributed by atoms with Crippen LogP contribution in [0.4, 0.5) is 0 Å². The number of hydrogen-bond donors (Lipinski definition) is 1. The second-order valence-electron chi connectivity index (χ2n) is 5.67. The number of hydrogen-bond acceptors (Lipinski definition) is 2. The van der Waals surface area contributed by atoms with Crippen LogP contribution in [0.3, 0.4) is 0 Å². The number of aryl methyl sites for hydroxylation is 1. The van der Waals surface area contributed by atoms with Crippen LogP contribution in [-0.2, 0) is 6.54 Å². The van der Waals surface area contributed by atoms with Crippen molar-refractivity contribution in [1.29, 1.82) is 0 Å². The van der Waals surface area contributed by atoms with Gasteiger partial charge in [0.2, 0.25) is 0 Å². The number of aliphatic hydroxyl groups excluding tert-OH is 1. The minimum atomic E-state index is -0.312. The fraction of sp³-hybridized carbons (Fsp3) is 0.800. The molecule has 3 nitrogen and oxygen atoms in total. The van der Waals surface area contributed by atoms with E-state index in [1.54, 1.807) is 0 Å². The van der Waals surface area contributed by atoms with E-state index in [2.05, 4.69) is 18.9 Å². The average Bonchev–Trinajstić information content (AvgIpc) is 2.87. The third-order valence-corrected chi connectivity index (χ3v) is 4.36. The Balaban J connectivity index is 1.92. The maximum Gasteiger partial charge on any atom is 0.0848 e. The number of nitrogens with zero attached hydrogens (tertiary/aromatic N) is 2. The van der Waals surface area contributed by atoms with Gasteiger partial charge >= 0.3 is 0 Å². The lowest BCUT2D eigenvalue weighted by molar-refractivity contribution is 0.0729. The SMILES string of the molecule is CCCn1cc(C(O)C2CCC(CC)CC2)cn1. The number of rotatable bonds is 5. The predicted molar refractivity (Wildman–Crippen MR) is 73.2 cm³/mol. The van der Waals surface area contributed by atoms with E-state index >= 15 is 0 Å². The maximum atomic E-state index is 10.4. The minimum absolute atomic E-state index is 0.312. The Kier molecular flexibility index (Phi) is 4.81. The number of aliphatic hydroxyl groups is 1. The molecule has 0 amide bonds. The highest BCUT2D eigenvalue weighted by molar-refractivity contribution is 5.09. The normalized spacial score (nSPS) is 26.2.